The highest BCUT2D eigenvalue weighted by atomic mass is 16.4. The third-order valence-electron chi connectivity index (χ3n) is 3.28. The topological polar surface area (TPSA) is 87.4 Å². The molecule has 2 fully saturated rings. The van der Waals surface area contributed by atoms with Gasteiger partial charge < -0.3 is 21.5 Å². The summed E-state index contributed by atoms with van der Waals surface area (Å²) in [6, 6.07) is 0. The van der Waals surface area contributed by atoms with Crippen molar-refractivity contribution < 1.29 is 9.90 Å². The van der Waals surface area contributed by atoms with Crippen molar-refractivity contribution in [2.45, 2.75) is 5.54 Å². The summed E-state index contributed by atoms with van der Waals surface area (Å²) in [7, 11) is 0. The van der Waals surface area contributed by atoms with Crippen LogP contribution in [-0.4, -0.2) is 42.8 Å². The van der Waals surface area contributed by atoms with Crippen LogP contribution in [0, 0.1) is 11.8 Å². The lowest BCUT2D eigenvalue weighted by Crippen LogP contribution is -2.73. The van der Waals surface area contributed by atoms with E-state index in [1.165, 1.54) is 0 Å². The van der Waals surface area contributed by atoms with E-state index >= 15 is 0 Å². The zero-order valence-corrected chi connectivity index (χ0v) is 7.42. The largest absolute Gasteiger partial charge is 0.480 e. The van der Waals surface area contributed by atoms with Crippen molar-refractivity contribution in [3.05, 3.63) is 0 Å². The number of nitrogens with one attached hydrogen (secondary N) is 2. The van der Waals surface area contributed by atoms with Gasteiger partial charge in [-0.05, 0) is 0 Å². The third-order valence-corrected chi connectivity index (χ3v) is 3.28. The molecule has 0 aliphatic carbocycles. The molecule has 2 aliphatic rings. The van der Waals surface area contributed by atoms with E-state index in [4.69, 9.17) is 10.8 Å². The van der Waals surface area contributed by atoms with Gasteiger partial charge in [-0.1, -0.05) is 0 Å². The molecule has 2 aliphatic heterocycles. The van der Waals surface area contributed by atoms with Crippen LogP contribution >= 0.6 is 0 Å². The second-order valence-corrected chi connectivity index (χ2v) is 3.95. The molecule has 0 atom stereocenters. The number of hydrogen-bond acceptors (Lipinski definition) is 4. The summed E-state index contributed by atoms with van der Waals surface area (Å²) in [4.78, 5) is 11.1. The van der Waals surface area contributed by atoms with Crippen molar-refractivity contribution in [3.8, 4) is 0 Å². The van der Waals surface area contributed by atoms with Crippen molar-refractivity contribution in [2.75, 3.05) is 26.2 Å². The highest BCUT2D eigenvalue weighted by molar-refractivity contribution is 5.80. The fraction of sp³-hybridized carbons (Fsp3) is 0.875. The van der Waals surface area contributed by atoms with Crippen molar-refractivity contribution in [3.63, 3.8) is 0 Å². The number of hydrogen-bond donors (Lipinski definition) is 4. The van der Waals surface area contributed by atoms with Crippen LogP contribution in [0.25, 0.3) is 0 Å². The van der Waals surface area contributed by atoms with E-state index in [1.807, 2.05) is 0 Å². The summed E-state index contributed by atoms with van der Waals surface area (Å²) in [5, 5.41) is 15.5. The van der Waals surface area contributed by atoms with E-state index in [9.17, 15) is 4.79 Å². The zero-order valence-electron chi connectivity index (χ0n) is 7.42. The number of carboxylic acids is 1. The summed E-state index contributed by atoms with van der Waals surface area (Å²) in [5.41, 5.74) is 4.95. The van der Waals surface area contributed by atoms with Gasteiger partial charge in [-0.3, -0.25) is 4.79 Å². The first-order valence-electron chi connectivity index (χ1n) is 4.59. The number of fused-ring (bicyclic) bond motifs is 2. The lowest BCUT2D eigenvalue weighted by molar-refractivity contribution is -0.150. The van der Waals surface area contributed by atoms with Crippen LogP contribution in [0.3, 0.4) is 0 Å². The molecule has 5 N–H and O–H groups in total. The molecule has 5 nitrogen and oxygen atoms in total. The number of carboxylic acid groups (broad SMARTS) is 1. The Kier molecular flexibility index (Phi) is 2.02. The molecule has 2 saturated heterocycles. The van der Waals surface area contributed by atoms with Crippen molar-refractivity contribution >= 4 is 5.97 Å². The van der Waals surface area contributed by atoms with Crippen LogP contribution < -0.4 is 16.4 Å². The molecule has 2 rings (SSSR count). The molecular weight excluding hydrogens is 170 g/mol. The maximum Gasteiger partial charge on any atom is 0.324 e. The number of piperidine rings is 2. The van der Waals surface area contributed by atoms with Crippen LogP contribution in [0.5, 0.6) is 0 Å². The lowest BCUT2D eigenvalue weighted by atomic mass is 9.69. The fourth-order valence-corrected chi connectivity index (χ4v) is 2.37. The fourth-order valence-electron chi connectivity index (χ4n) is 2.37. The van der Waals surface area contributed by atoms with E-state index in [0.29, 0.717) is 26.2 Å². The van der Waals surface area contributed by atoms with E-state index in [-0.39, 0.29) is 11.8 Å². The van der Waals surface area contributed by atoms with Gasteiger partial charge >= 0.3 is 5.97 Å². The highest BCUT2D eigenvalue weighted by Gasteiger charge is 2.52. The Morgan fingerprint density at radius 1 is 1.23 bits per heavy atom. The minimum Gasteiger partial charge on any atom is -0.480 e. The van der Waals surface area contributed by atoms with Gasteiger partial charge in [0.05, 0.1) is 0 Å². The maximum absolute atomic E-state index is 11.1. The van der Waals surface area contributed by atoms with Gasteiger partial charge in [0.1, 0.15) is 5.54 Å². The molecule has 0 spiro atoms. The standard InChI is InChI=1S/C8H15N3O2/c9-8(7(12)13)5-1-10-3-6(8)4-11-2-5/h5-6,10-11H,1-4,9H2,(H,12,13). The molecule has 0 radical (unpaired) electrons. The van der Waals surface area contributed by atoms with Crippen molar-refractivity contribution in [2.24, 2.45) is 17.6 Å². The molecule has 0 saturated carbocycles. The van der Waals surface area contributed by atoms with E-state index in [0.717, 1.165) is 0 Å². The Hall–Kier alpha value is -0.650. The van der Waals surface area contributed by atoms with Gasteiger partial charge in [-0.2, -0.15) is 0 Å². The molecule has 74 valence electrons. The Bertz CT molecular complexity index is 209. The zero-order chi connectivity index (χ0) is 9.47. The first kappa shape index (κ1) is 8.93. The van der Waals surface area contributed by atoms with Crippen molar-refractivity contribution in [1.29, 1.82) is 0 Å². The molecule has 0 amide bonds. The molecule has 2 bridgehead atoms. The summed E-state index contributed by atoms with van der Waals surface area (Å²) in [6.45, 7) is 2.80. The van der Waals surface area contributed by atoms with Crippen LogP contribution in [0.2, 0.25) is 0 Å². The normalized spacial score (nSPS) is 44.4. The summed E-state index contributed by atoms with van der Waals surface area (Å²) >= 11 is 0. The van der Waals surface area contributed by atoms with E-state index in [2.05, 4.69) is 10.6 Å². The molecule has 0 aromatic rings. The van der Waals surface area contributed by atoms with Crippen LogP contribution in [0.4, 0.5) is 0 Å². The minimum absolute atomic E-state index is 0.0116. The first-order chi connectivity index (χ1) is 6.15. The smallest absolute Gasteiger partial charge is 0.324 e. The summed E-state index contributed by atoms with van der Waals surface area (Å²) < 4.78 is 0. The molecule has 5 heteroatoms. The minimum atomic E-state index is -1.02. The van der Waals surface area contributed by atoms with E-state index < -0.39 is 11.5 Å². The highest BCUT2D eigenvalue weighted by Crippen LogP contribution is 2.29. The molecule has 2 heterocycles. The van der Waals surface area contributed by atoms with Crippen LogP contribution in [-0.2, 0) is 4.79 Å². The molecule has 13 heavy (non-hydrogen) atoms. The second-order valence-electron chi connectivity index (χ2n) is 3.95. The van der Waals surface area contributed by atoms with Crippen LogP contribution in [0.1, 0.15) is 0 Å². The summed E-state index contributed by atoms with van der Waals surface area (Å²) in [6.07, 6.45) is 0. The molecule has 0 aromatic carbocycles. The monoisotopic (exact) mass is 185 g/mol. The third kappa shape index (κ3) is 1.15. The average Bonchev–Trinajstić information content (AvgIpc) is 2.02. The Morgan fingerprint density at radius 2 is 1.62 bits per heavy atom. The van der Waals surface area contributed by atoms with Gasteiger partial charge in [0.15, 0.2) is 0 Å². The number of aliphatic carboxylic acids is 1. The van der Waals surface area contributed by atoms with Gasteiger partial charge in [0.2, 0.25) is 0 Å². The quantitative estimate of drug-likeness (QED) is 0.387. The SMILES string of the molecule is NC1(C(=O)O)C2CNCC1CNC2. The van der Waals surface area contributed by atoms with Gasteiger partial charge in [-0.25, -0.2) is 0 Å². The van der Waals surface area contributed by atoms with Gasteiger partial charge in [0.25, 0.3) is 0 Å². The maximum atomic E-state index is 11.1. The molecular formula is C8H15N3O2. The lowest BCUT2D eigenvalue weighted by Gasteiger charge is -2.48. The predicted molar refractivity (Wildman–Crippen MR) is 47.3 cm³/mol. The first-order valence-corrected chi connectivity index (χ1v) is 4.59. The van der Waals surface area contributed by atoms with Gasteiger partial charge in [-0.15, -0.1) is 0 Å². The van der Waals surface area contributed by atoms with Crippen LogP contribution in [0.15, 0.2) is 0 Å². The Morgan fingerprint density at radius 3 is 1.85 bits per heavy atom. The number of rotatable bonds is 1. The second kappa shape index (κ2) is 2.94. The molecule has 0 aromatic heterocycles. The van der Waals surface area contributed by atoms with Gasteiger partial charge in [0, 0.05) is 38.0 Å². The summed E-state index contributed by atoms with van der Waals surface area (Å²) in [5.74, 6) is -0.833. The average molecular weight is 185 g/mol. The number of carbonyl (C=O) groups is 1. The number of nitrogens with two attached hydrogens (primary N) is 1. The Balaban J connectivity index is 2.28. The van der Waals surface area contributed by atoms with Crippen molar-refractivity contribution in [1.82, 2.24) is 10.6 Å². The van der Waals surface area contributed by atoms with E-state index in [1.54, 1.807) is 0 Å². The predicted octanol–water partition coefficient (Wildman–Crippen LogP) is -1.79. The molecule has 0 unspecified atom stereocenters. The Labute approximate surface area is 76.7 Å².